The van der Waals surface area contributed by atoms with Crippen molar-refractivity contribution in [2.75, 3.05) is 22.9 Å². The van der Waals surface area contributed by atoms with Crippen molar-refractivity contribution in [1.82, 2.24) is 14.8 Å². The highest BCUT2D eigenvalue weighted by molar-refractivity contribution is 7.99. The van der Waals surface area contributed by atoms with Gasteiger partial charge < -0.3 is 5.73 Å². The molecule has 7 nitrogen and oxygen atoms in total. The highest BCUT2D eigenvalue weighted by Crippen LogP contribution is 2.19. The Morgan fingerprint density at radius 1 is 1.43 bits per heavy atom. The minimum absolute atomic E-state index is 0.00433. The lowest BCUT2D eigenvalue weighted by molar-refractivity contribution is -0.116. The number of nitrogens with two attached hydrogens (primary N) is 1. The molecule has 0 atom stereocenters. The molecule has 0 radical (unpaired) electrons. The molecule has 0 saturated heterocycles. The SMILES string of the molecule is Cn1c(N)nnc1SCC(=O)N(CC#N)c1ccccc1. The fourth-order valence-electron chi connectivity index (χ4n) is 1.66. The number of rotatable bonds is 5. The quantitative estimate of drug-likeness (QED) is 0.654. The molecule has 108 valence electrons. The van der Waals surface area contributed by atoms with Gasteiger partial charge in [0.25, 0.3) is 0 Å². The van der Waals surface area contributed by atoms with Crippen molar-refractivity contribution in [2.45, 2.75) is 5.16 Å². The maximum absolute atomic E-state index is 12.3. The molecular weight excluding hydrogens is 288 g/mol. The molecule has 0 unspecified atom stereocenters. The lowest BCUT2D eigenvalue weighted by atomic mass is 10.3. The van der Waals surface area contributed by atoms with E-state index in [0.717, 1.165) is 0 Å². The Balaban J connectivity index is 2.06. The van der Waals surface area contributed by atoms with Crippen LogP contribution in [0.5, 0.6) is 0 Å². The Morgan fingerprint density at radius 2 is 2.14 bits per heavy atom. The molecule has 0 aliphatic heterocycles. The summed E-state index contributed by atoms with van der Waals surface area (Å²) in [7, 11) is 1.73. The molecule has 21 heavy (non-hydrogen) atoms. The van der Waals surface area contributed by atoms with E-state index in [1.165, 1.54) is 16.7 Å². The lowest BCUT2D eigenvalue weighted by Gasteiger charge is -2.19. The average molecular weight is 302 g/mol. The maximum atomic E-state index is 12.3. The molecule has 2 N–H and O–H groups in total. The molecule has 1 aromatic heterocycles. The summed E-state index contributed by atoms with van der Waals surface area (Å²) in [4.78, 5) is 13.7. The van der Waals surface area contributed by atoms with Gasteiger partial charge in [-0.15, -0.1) is 10.2 Å². The van der Waals surface area contributed by atoms with Crippen LogP contribution in [0.25, 0.3) is 0 Å². The Bertz CT molecular complexity index is 663. The van der Waals surface area contributed by atoms with Gasteiger partial charge >= 0.3 is 0 Å². The molecule has 0 aliphatic carbocycles. The second-order valence-corrected chi connectivity index (χ2v) is 5.10. The van der Waals surface area contributed by atoms with Gasteiger partial charge in [0.1, 0.15) is 6.54 Å². The van der Waals surface area contributed by atoms with Gasteiger partial charge in [-0.05, 0) is 12.1 Å². The van der Waals surface area contributed by atoms with Gasteiger partial charge in [0.2, 0.25) is 11.9 Å². The monoisotopic (exact) mass is 302 g/mol. The Labute approximate surface area is 126 Å². The summed E-state index contributed by atoms with van der Waals surface area (Å²) in [5.41, 5.74) is 6.28. The second kappa shape index (κ2) is 6.76. The molecule has 0 spiro atoms. The number of benzene rings is 1. The fourth-order valence-corrected chi connectivity index (χ4v) is 2.45. The number of hydrogen-bond acceptors (Lipinski definition) is 6. The third kappa shape index (κ3) is 3.52. The Kier molecular flexibility index (Phi) is 4.79. The van der Waals surface area contributed by atoms with Crippen molar-refractivity contribution in [3.63, 3.8) is 0 Å². The van der Waals surface area contributed by atoms with Crippen LogP contribution in [0.1, 0.15) is 0 Å². The molecule has 0 fully saturated rings. The van der Waals surface area contributed by atoms with Crippen LogP contribution in [-0.4, -0.2) is 33.0 Å². The Morgan fingerprint density at radius 3 is 2.71 bits per heavy atom. The molecule has 1 amide bonds. The molecule has 0 saturated carbocycles. The predicted octanol–water partition coefficient (Wildman–Crippen LogP) is 1.05. The standard InChI is InChI=1S/C13H14N6OS/c1-18-12(15)16-17-13(18)21-9-11(20)19(8-7-14)10-5-3-2-4-6-10/h2-6H,8-9H2,1H3,(H2,15,16). The number of nitrogens with zero attached hydrogens (tertiary/aromatic N) is 5. The number of carbonyl (C=O) groups is 1. The van der Waals surface area contributed by atoms with E-state index < -0.39 is 0 Å². The van der Waals surface area contributed by atoms with Crippen molar-refractivity contribution in [2.24, 2.45) is 7.05 Å². The average Bonchev–Trinajstić information content (AvgIpc) is 2.83. The summed E-state index contributed by atoms with van der Waals surface area (Å²) in [5, 5.41) is 17.1. The summed E-state index contributed by atoms with van der Waals surface area (Å²) in [5.74, 6) is 0.277. The summed E-state index contributed by atoms with van der Waals surface area (Å²) in [6, 6.07) is 11.1. The molecular formula is C13H14N6OS. The number of nitrogen functional groups attached to an aromatic ring is 1. The second-order valence-electron chi connectivity index (χ2n) is 4.16. The zero-order chi connectivity index (χ0) is 15.2. The first-order valence-electron chi connectivity index (χ1n) is 6.13. The van der Waals surface area contributed by atoms with E-state index in [9.17, 15) is 4.79 Å². The largest absolute Gasteiger partial charge is 0.368 e. The number of carbonyl (C=O) groups excluding carboxylic acids is 1. The molecule has 1 heterocycles. The number of amides is 1. The number of aromatic nitrogens is 3. The molecule has 1 aromatic carbocycles. The van der Waals surface area contributed by atoms with Crippen LogP contribution in [0, 0.1) is 11.3 Å². The van der Waals surface area contributed by atoms with Crippen LogP contribution in [0.2, 0.25) is 0 Å². The van der Waals surface area contributed by atoms with Crippen LogP contribution >= 0.6 is 11.8 Å². The molecule has 0 bridgehead atoms. The van der Waals surface area contributed by atoms with E-state index >= 15 is 0 Å². The zero-order valence-electron chi connectivity index (χ0n) is 11.4. The van der Waals surface area contributed by atoms with E-state index in [4.69, 9.17) is 11.0 Å². The Hall–Kier alpha value is -2.53. The maximum Gasteiger partial charge on any atom is 0.238 e. The first-order chi connectivity index (χ1) is 10.1. The highest BCUT2D eigenvalue weighted by Gasteiger charge is 2.17. The van der Waals surface area contributed by atoms with Gasteiger partial charge in [-0.1, -0.05) is 30.0 Å². The molecule has 8 heteroatoms. The van der Waals surface area contributed by atoms with Crippen LogP contribution in [0.3, 0.4) is 0 Å². The molecule has 0 aliphatic rings. The third-order valence-corrected chi connectivity index (χ3v) is 3.80. The summed E-state index contributed by atoms with van der Waals surface area (Å²) in [6.07, 6.45) is 0. The molecule has 2 aromatic rings. The smallest absolute Gasteiger partial charge is 0.238 e. The first-order valence-corrected chi connectivity index (χ1v) is 7.12. The lowest BCUT2D eigenvalue weighted by Crippen LogP contribution is -2.32. The van der Waals surface area contributed by atoms with Gasteiger partial charge in [-0.2, -0.15) is 5.26 Å². The zero-order valence-corrected chi connectivity index (χ0v) is 12.2. The number of hydrogen-bond donors (Lipinski definition) is 1. The predicted molar refractivity (Wildman–Crippen MR) is 80.5 cm³/mol. The van der Waals surface area contributed by atoms with Crippen molar-refractivity contribution >= 4 is 29.3 Å². The van der Waals surface area contributed by atoms with E-state index in [1.54, 1.807) is 23.7 Å². The highest BCUT2D eigenvalue weighted by atomic mass is 32.2. The molecule has 2 rings (SSSR count). The fraction of sp³-hybridized carbons (Fsp3) is 0.231. The number of nitriles is 1. The van der Waals surface area contributed by atoms with Gasteiger partial charge in [0.15, 0.2) is 5.16 Å². The summed E-state index contributed by atoms with van der Waals surface area (Å²) in [6.45, 7) is 0.00433. The minimum atomic E-state index is -0.172. The number of para-hydroxylation sites is 1. The van der Waals surface area contributed by atoms with E-state index in [1.807, 2.05) is 24.3 Å². The van der Waals surface area contributed by atoms with Crippen molar-refractivity contribution in [3.05, 3.63) is 30.3 Å². The minimum Gasteiger partial charge on any atom is -0.368 e. The van der Waals surface area contributed by atoms with E-state index in [0.29, 0.717) is 16.8 Å². The van der Waals surface area contributed by atoms with Crippen LogP contribution in [0.4, 0.5) is 11.6 Å². The van der Waals surface area contributed by atoms with Gasteiger partial charge in [-0.25, -0.2) is 0 Å². The van der Waals surface area contributed by atoms with Gasteiger partial charge in [0.05, 0.1) is 11.8 Å². The third-order valence-electron chi connectivity index (χ3n) is 2.79. The van der Waals surface area contributed by atoms with Crippen molar-refractivity contribution in [1.29, 1.82) is 5.26 Å². The summed E-state index contributed by atoms with van der Waals surface area (Å²) < 4.78 is 1.61. The normalized spacial score (nSPS) is 10.1. The van der Waals surface area contributed by atoms with Crippen LogP contribution < -0.4 is 10.6 Å². The van der Waals surface area contributed by atoms with Gasteiger partial charge in [0, 0.05) is 12.7 Å². The van der Waals surface area contributed by atoms with Crippen LogP contribution in [-0.2, 0) is 11.8 Å². The number of thioether (sulfide) groups is 1. The first kappa shape index (κ1) is 14.9. The van der Waals surface area contributed by atoms with Crippen molar-refractivity contribution in [3.8, 4) is 6.07 Å². The van der Waals surface area contributed by atoms with E-state index in [2.05, 4.69) is 10.2 Å². The van der Waals surface area contributed by atoms with Crippen molar-refractivity contribution < 1.29 is 4.79 Å². The van der Waals surface area contributed by atoms with E-state index in [-0.39, 0.29) is 18.2 Å². The van der Waals surface area contributed by atoms with Crippen LogP contribution in [0.15, 0.2) is 35.5 Å². The van der Waals surface area contributed by atoms with Gasteiger partial charge in [-0.3, -0.25) is 14.3 Å². The topological polar surface area (TPSA) is 101 Å². The number of anilines is 2. The summed E-state index contributed by atoms with van der Waals surface area (Å²) >= 11 is 1.23.